The van der Waals surface area contributed by atoms with Crippen LogP contribution in [0.4, 0.5) is 15.8 Å². The zero-order chi connectivity index (χ0) is 15.6. The Hall–Kier alpha value is -2.08. The number of aryl methyl sites for hydroxylation is 1. The predicted octanol–water partition coefficient (Wildman–Crippen LogP) is 2.80. The maximum atomic E-state index is 13.3. The van der Waals surface area contributed by atoms with Crippen LogP contribution >= 0.6 is 0 Å². The van der Waals surface area contributed by atoms with Crippen molar-refractivity contribution in [3.63, 3.8) is 0 Å². The molecule has 0 heterocycles. The highest BCUT2D eigenvalue weighted by Gasteiger charge is 2.24. The van der Waals surface area contributed by atoms with Crippen molar-refractivity contribution in [1.29, 1.82) is 0 Å². The van der Waals surface area contributed by atoms with Crippen molar-refractivity contribution in [2.45, 2.75) is 18.2 Å². The van der Waals surface area contributed by atoms with Gasteiger partial charge in [0.05, 0.1) is 10.6 Å². The first-order valence-corrected chi connectivity index (χ1v) is 7.93. The zero-order valence-electron chi connectivity index (χ0n) is 11.9. The van der Waals surface area contributed by atoms with Gasteiger partial charge in [0.2, 0.25) is 0 Å². The van der Waals surface area contributed by atoms with E-state index < -0.39 is 15.8 Å². The van der Waals surface area contributed by atoms with Crippen LogP contribution in [0, 0.1) is 5.82 Å². The summed E-state index contributed by atoms with van der Waals surface area (Å²) < 4.78 is 39.8. The topological polar surface area (TPSA) is 63.4 Å². The van der Waals surface area contributed by atoms with Gasteiger partial charge in [-0.1, -0.05) is 19.1 Å². The maximum Gasteiger partial charge on any atom is 0.264 e. The number of nitrogens with two attached hydrogens (primary N) is 1. The second-order valence-corrected chi connectivity index (χ2v) is 6.61. The van der Waals surface area contributed by atoms with Gasteiger partial charge in [0.15, 0.2) is 0 Å². The van der Waals surface area contributed by atoms with Crippen molar-refractivity contribution in [3.8, 4) is 0 Å². The lowest BCUT2D eigenvalue weighted by Crippen LogP contribution is -2.27. The highest BCUT2D eigenvalue weighted by Crippen LogP contribution is 2.26. The Labute approximate surface area is 124 Å². The quantitative estimate of drug-likeness (QED) is 0.883. The molecule has 0 aliphatic rings. The van der Waals surface area contributed by atoms with Crippen LogP contribution < -0.4 is 10.0 Å². The average molecular weight is 308 g/mol. The number of anilines is 2. The lowest BCUT2D eigenvalue weighted by molar-refractivity contribution is 0.593. The first-order chi connectivity index (χ1) is 9.86. The molecule has 21 heavy (non-hydrogen) atoms. The average Bonchev–Trinajstić information content (AvgIpc) is 2.46. The Balaban J connectivity index is 2.54. The van der Waals surface area contributed by atoms with Gasteiger partial charge in [0, 0.05) is 12.7 Å². The van der Waals surface area contributed by atoms with E-state index in [-0.39, 0.29) is 10.6 Å². The van der Waals surface area contributed by atoms with Crippen LogP contribution in [0.15, 0.2) is 47.4 Å². The van der Waals surface area contributed by atoms with Crippen molar-refractivity contribution in [1.82, 2.24) is 0 Å². The van der Waals surface area contributed by atoms with Crippen molar-refractivity contribution in [2.24, 2.45) is 0 Å². The lowest BCUT2D eigenvalue weighted by atomic mass is 10.1. The smallest absolute Gasteiger partial charge is 0.264 e. The monoisotopic (exact) mass is 308 g/mol. The number of sulfonamides is 1. The first-order valence-electron chi connectivity index (χ1n) is 6.49. The summed E-state index contributed by atoms with van der Waals surface area (Å²) in [4.78, 5) is 0.150. The standard InChI is InChI=1S/C15H17FN2O2S/c1-3-11-7-8-13(17)10-15(11)21(19,20)18(2)14-6-4-5-12(16)9-14/h4-10H,3,17H2,1-2H3. The third-order valence-corrected chi connectivity index (χ3v) is 5.15. The maximum absolute atomic E-state index is 13.3. The van der Waals surface area contributed by atoms with Crippen LogP contribution in [0.2, 0.25) is 0 Å². The van der Waals surface area contributed by atoms with Gasteiger partial charge in [-0.05, 0) is 42.3 Å². The second kappa shape index (κ2) is 5.73. The molecule has 0 saturated carbocycles. The molecule has 0 aliphatic carbocycles. The van der Waals surface area contributed by atoms with Crippen molar-refractivity contribution >= 4 is 21.4 Å². The molecule has 0 radical (unpaired) electrons. The van der Waals surface area contributed by atoms with Crippen molar-refractivity contribution in [3.05, 3.63) is 53.8 Å². The molecule has 0 fully saturated rings. The van der Waals surface area contributed by atoms with E-state index in [0.717, 1.165) is 4.31 Å². The third kappa shape index (κ3) is 3.00. The number of benzene rings is 2. The fourth-order valence-corrected chi connectivity index (χ4v) is 3.58. The molecule has 6 heteroatoms. The van der Waals surface area contributed by atoms with E-state index in [0.29, 0.717) is 17.7 Å². The Bertz CT molecular complexity index is 760. The van der Waals surface area contributed by atoms with Gasteiger partial charge < -0.3 is 5.73 Å². The molecule has 2 aromatic carbocycles. The van der Waals surface area contributed by atoms with Crippen LogP contribution in [-0.2, 0) is 16.4 Å². The Morgan fingerprint density at radius 3 is 2.52 bits per heavy atom. The van der Waals surface area contributed by atoms with Crippen molar-refractivity contribution in [2.75, 3.05) is 17.1 Å². The number of nitrogen functional groups attached to an aromatic ring is 1. The van der Waals surface area contributed by atoms with E-state index in [2.05, 4.69) is 0 Å². The molecule has 112 valence electrons. The van der Waals surface area contributed by atoms with Crippen LogP contribution in [0.25, 0.3) is 0 Å². The van der Waals surface area contributed by atoms with Gasteiger partial charge >= 0.3 is 0 Å². The molecule has 0 atom stereocenters. The molecule has 0 bridgehead atoms. The summed E-state index contributed by atoms with van der Waals surface area (Å²) in [5.74, 6) is -0.488. The van der Waals surface area contributed by atoms with E-state index in [1.807, 2.05) is 6.92 Å². The number of hydrogen-bond acceptors (Lipinski definition) is 3. The molecule has 2 N–H and O–H groups in total. The Morgan fingerprint density at radius 2 is 1.90 bits per heavy atom. The number of halogens is 1. The summed E-state index contributed by atoms with van der Waals surface area (Å²) in [7, 11) is -2.39. The largest absolute Gasteiger partial charge is 0.399 e. The summed E-state index contributed by atoms with van der Waals surface area (Å²) in [6, 6.07) is 10.2. The van der Waals surface area contributed by atoms with Gasteiger partial charge in [-0.2, -0.15) is 0 Å². The molecule has 0 aliphatic heterocycles. The second-order valence-electron chi connectivity index (χ2n) is 4.67. The fourth-order valence-electron chi connectivity index (χ4n) is 2.06. The SMILES string of the molecule is CCc1ccc(N)cc1S(=O)(=O)N(C)c1cccc(F)c1. The van der Waals surface area contributed by atoms with E-state index in [1.54, 1.807) is 18.2 Å². The molecule has 2 aromatic rings. The van der Waals surface area contributed by atoms with E-state index >= 15 is 0 Å². The van der Waals surface area contributed by atoms with Gasteiger partial charge in [-0.15, -0.1) is 0 Å². The first kappa shape index (κ1) is 15.3. The minimum absolute atomic E-state index is 0.150. The summed E-state index contributed by atoms with van der Waals surface area (Å²) in [5, 5.41) is 0. The molecular weight excluding hydrogens is 291 g/mol. The summed E-state index contributed by atoms with van der Waals surface area (Å²) >= 11 is 0. The molecular formula is C15H17FN2O2S. The molecule has 0 saturated heterocycles. The molecule has 0 amide bonds. The van der Waals surface area contributed by atoms with E-state index in [4.69, 9.17) is 5.73 Å². The predicted molar refractivity (Wildman–Crippen MR) is 82.2 cm³/mol. The molecule has 0 aromatic heterocycles. The van der Waals surface area contributed by atoms with Crippen LogP contribution in [0.3, 0.4) is 0 Å². The van der Waals surface area contributed by atoms with Crippen LogP contribution in [0.1, 0.15) is 12.5 Å². The van der Waals surface area contributed by atoms with Crippen molar-refractivity contribution < 1.29 is 12.8 Å². The summed E-state index contributed by atoms with van der Waals surface area (Å²) in [5.41, 5.74) is 7.01. The molecule has 0 spiro atoms. The van der Waals surface area contributed by atoms with Gasteiger partial charge in [-0.25, -0.2) is 12.8 Å². The number of hydrogen-bond donors (Lipinski definition) is 1. The van der Waals surface area contributed by atoms with Crippen LogP contribution in [-0.4, -0.2) is 15.5 Å². The normalized spacial score (nSPS) is 11.4. The minimum atomic E-state index is -3.79. The van der Waals surface area contributed by atoms with E-state index in [9.17, 15) is 12.8 Å². The highest BCUT2D eigenvalue weighted by molar-refractivity contribution is 7.92. The molecule has 4 nitrogen and oxygen atoms in total. The zero-order valence-corrected chi connectivity index (χ0v) is 12.7. The summed E-state index contributed by atoms with van der Waals surface area (Å²) in [6.07, 6.45) is 0.561. The molecule has 2 rings (SSSR count). The number of rotatable bonds is 4. The van der Waals surface area contributed by atoms with Gasteiger partial charge in [0.1, 0.15) is 5.82 Å². The number of nitrogens with zero attached hydrogens (tertiary/aromatic N) is 1. The fraction of sp³-hybridized carbons (Fsp3) is 0.200. The minimum Gasteiger partial charge on any atom is -0.399 e. The highest BCUT2D eigenvalue weighted by atomic mass is 32.2. The van der Waals surface area contributed by atoms with Gasteiger partial charge in [0.25, 0.3) is 10.0 Å². The Morgan fingerprint density at radius 1 is 1.19 bits per heavy atom. The summed E-state index contributed by atoms with van der Waals surface area (Å²) in [6.45, 7) is 1.87. The van der Waals surface area contributed by atoms with Crippen LogP contribution in [0.5, 0.6) is 0 Å². The van der Waals surface area contributed by atoms with Gasteiger partial charge in [-0.3, -0.25) is 4.31 Å². The lowest BCUT2D eigenvalue weighted by Gasteiger charge is -2.21. The van der Waals surface area contributed by atoms with E-state index in [1.165, 1.54) is 31.3 Å². The molecule has 0 unspecified atom stereocenters. The Kier molecular flexibility index (Phi) is 4.18. The third-order valence-electron chi connectivity index (χ3n) is 3.28.